The lowest BCUT2D eigenvalue weighted by atomic mass is 9.82. The maximum atomic E-state index is 14.1. The lowest BCUT2D eigenvalue weighted by Crippen LogP contribution is -2.40. The van der Waals surface area contributed by atoms with Crippen molar-refractivity contribution in [1.82, 2.24) is 4.90 Å². The van der Waals surface area contributed by atoms with Gasteiger partial charge in [0, 0.05) is 55.2 Å². The quantitative estimate of drug-likeness (QED) is 0.247. The van der Waals surface area contributed by atoms with Crippen LogP contribution in [-0.4, -0.2) is 53.2 Å². The Kier molecular flexibility index (Phi) is 9.96. The number of carbonyl (C=O) groups is 2. The summed E-state index contributed by atoms with van der Waals surface area (Å²) in [6, 6.07) is 14.3. The molecule has 1 aliphatic carbocycles. The predicted octanol–water partition coefficient (Wildman–Crippen LogP) is 6.25. The average Bonchev–Trinajstić information content (AvgIpc) is 3.56. The van der Waals surface area contributed by atoms with Gasteiger partial charge in [0.2, 0.25) is 0 Å². The van der Waals surface area contributed by atoms with Crippen molar-refractivity contribution in [1.29, 1.82) is 0 Å². The Bertz CT molecular complexity index is 1490. The molecule has 2 aromatic carbocycles. The highest BCUT2D eigenvalue weighted by molar-refractivity contribution is 5.94. The molecule has 45 heavy (non-hydrogen) atoms. The largest absolute Gasteiger partial charge is 0.493 e. The van der Waals surface area contributed by atoms with E-state index >= 15 is 0 Å². The number of Topliss-reactive ketones (excluding diaryl/α,β-unsaturated/α-hetero) is 1. The minimum Gasteiger partial charge on any atom is -0.493 e. The third kappa shape index (κ3) is 7.31. The molecule has 7 heteroatoms. The van der Waals surface area contributed by atoms with Gasteiger partial charge in [-0.2, -0.15) is 0 Å². The fraction of sp³-hybridized carbons (Fsp3) is 0.500. The average molecular weight is 610 g/mol. The van der Waals surface area contributed by atoms with E-state index in [1.54, 1.807) is 0 Å². The van der Waals surface area contributed by atoms with Crippen molar-refractivity contribution in [3.63, 3.8) is 0 Å². The Morgan fingerprint density at radius 2 is 2.00 bits per heavy atom. The summed E-state index contributed by atoms with van der Waals surface area (Å²) in [5.74, 6) is -0.0956. The summed E-state index contributed by atoms with van der Waals surface area (Å²) < 4.78 is 5.74. The van der Waals surface area contributed by atoms with Gasteiger partial charge in [0.1, 0.15) is 11.5 Å². The zero-order valence-corrected chi connectivity index (χ0v) is 26.5. The van der Waals surface area contributed by atoms with Crippen molar-refractivity contribution in [3.05, 3.63) is 88.6 Å². The van der Waals surface area contributed by atoms with E-state index < -0.39 is 11.9 Å². The number of hydrogen-bond acceptors (Lipinski definition) is 6. The van der Waals surface area contributed by atoms with Crippen LogP contribution in [0.25, 0.3) is 0 Å². The van der Waals surface area contributed by atoms with E-state index in [9.17, 15) is 14.7 Å². The second kappa shape index (κ2) is 14.3. The number of carboxylic acid groups (broad SMARTS) is 1. The van der Waals surface area contributed by atoms with Crippen LogP contribution in [0.15, 0.2) is 71.4 Å². The first kappa shape index (κ1) is 31.4. The highest BCUT2D eigenvalue weighted by Gasteiger charge is 2.48. The number of rotatable bonds is 15. The molecule has 0 amide bonds. The summed E-state index contributed by atoms with van der Waals surface area (Å²) in [5, 5.41) is 10.7. The molecule has 0 aromatic heterocycles. The summed E-state index contributed by atoms with van der Waals surface area (Å²) in [6.07, 6.45) is 13.9. The summed E-state index contributed by atoms with van der Waals surface area (Å²) in [7, 11) is 0. The summed E-state index contributed by atoms with van der Waals surface area (Å²) in [6.45, 7) is 4.19. The Morgan fingerprint density at radius 3 is 2.82 bits per heavy atom. The summed E-state index contributed by atoms with van der Waals surface area (Å²) in [5.41, 5.74) is 12.9. The molecule has 1 saturated carbocycles. The van der Waals surface area contributed by atoms with Gasteiger partial charge in [0.05, 0.1) is 19.1 Å². The van der Waals surface area contributed by atoms with Crippen LogP contribution in [0.2, 0.25) is 0 Å². The van der Waals surface area contributed by atoms with Crippen LogP contribution >= 0.6 is 0 Å². The third-order valence-corrected chi connectivity index (χ3v) is 10.4. The lowest BCUT2D eigenvalue weighted by molar-refractivity contribution is -0.143. The van der Waals surface area contributed by atoms with Gasteiger partial charge in [0.15, 0.2) is 0 Å². The molecule has 1 saturated heterocycles. The van der Waals surface area contributed by atoms with Crippen LogP contribution in [0.5, 0.6) is 5.75 Å². The number of fused-ring (bicyclic) bond motifs is 2. The number of carboxylic acids is 1. The molecular weight excluding hydrogens is 562 g/mol. The van der Waals surface area contributed by atoms with E-state index in [0.29, 0.717) is 32.0 Å². The molecule has 7 nitrogen and oxygen atoms in total. The van der Waals surface area contributed by atoms with Crippen molar-refractivity contribution in [2.24, 2.45) is 28.5 Å². The number of aliphatic imine (C=N–C) groups is 1. The van der Waals surface area contributed by atoms with E-state index in [-0.39, 0.29) is 30.2 Å². The van der Waals surface area contributed by atoms with Crippen LogP contribution in [0, 0.1) is 17.8 Å². The van der Waals surface area contributed by atoms with Gasteiger partial charge in [-0.15, -0.1) is 0 Å². The number of benzene rings is 2. The van der Waals surface area contributed by atoms with Crippen LogP contribution in [0.1, 0.15) is 80.0 Å². The summed E-state index contributed by atoms with van der Waals surface area (Å²) >= 11 is 0. The number of ether oxygens (including phenoxy) is 1. The number of ketones is 1. The first-order valence-corrected chi connectivity index (χ1v) is 16.9. The zero-order chi connectivity index (χ0) is 31.3. The third-order valence-electron chi connectivity index (χ3n) is 10.4. The molecular formula is C38H47N3O4. The van der Waals surface area contributed by atoms with Gasteiger partial charge < -0.3 is 15.6 Å². The molecule has 2 unspecified atom stereocenters. The highest BCUT2D eigenvalue weighted by Crippen LogP contribution is 2.44. The van der Waals surface area contributed by atoms with E-state index in [1.807, 2.05) is 36.5 Å². The van der Waals surface area contributed by atoms with Crippen LogP contribution in [-0.2, 0) is 29.0 Å². The first-order valence-electron chi connectivity index (χ1n) is 16.9. The number of hydrogen-bond donors (Lipinski definition) is 2. The number of nitrogens with zero attached hydrogens (tertiary/aromatic N) is 2. The maximum Gasteiger partial charge on any atom is 0.308 e. The van der Waals surface area contributed by atoms with Crippen molar-refractivity contribution in [2.45, 2.75) is 83.2 Å². The number of aliphatic carboxylic acids is 1. The Balaban J connectivity index is 1.23. The van der Waals surface area contributed by atoms with E-state index in [1.165, 1.54) is 11.1 Å². The topological polar surface area (TPSA) is 105 Å². The number of likely N-dealkylation sites (tertiary alicyclic amines) is 1. The van der Waals surface area contributed by atoms with Crippen molar-refractivity contribution in [3.8, 4) is 5.75 Å². The molecule has 2 aromatic rings. The molecule has 3 N–H and O–H groups in total. The Morgan fingerprint density at radius 1 is 1.13 bits per heavy atom. The van der Waals surface area contributed by atoms with Crippen LogP contribution < -0.4 is 10.5 Å². The number of unbranched alkanes of at least 4 members (excludes halogenated alkanes) is 1. The summed E-state index contributed by atoms with van der Waals surface area (Å²) in [4.78, 5) is 34.1. The molecule has 6 rings (SSSR count). The minimum absolute atomic E-state index is 0.0536. The lowest BCUT2D eigenvalue weighted by Gasteiger charge is -2.28. The normalized spacial score (nSPS) is 24.2. The fourth-order valence-electron chi connectivity index (χ4n) is 7.75. The molecule has 238 valence electrons. The van der Waals surface area contributed by atoms with E-state index in [2.05, 4.69) is 36.1 Å². The maximum absolute atomic E-state index is 14.1. The van der Waals surface area contributed by atoms with Crippen molar-refractivity contribution >= 4 is 17.5 Å². The van der Waals surface area contributed by atoms with Crippen molar-refractivity contribution in [2.75, 3.05) is 19.7 Å². The number of nitrogens with two attached hydrogens (primary N) is 1. The van der Waals surface area contributed by atoms with Gasteiger partial charge in [-0.1, -0.05) is 67.8 Å². The predicted molar refractivity (Wildman–Crippen MR) is 178 cm³/mol. The second-order valence-corrected chi connectivity index (χ2v) is 13.3. The molecule has 0 spiro atoms. The Labute approximate surface area is 267 Å². The fourth-order valence-corrected chi connectivity index (χ4v) is 7.75. The molecule has 5 atom stereocenters. The SMILES string of the molecule is CCCCC(CCc1cccc(CN)c1)C(=O)CN1C[C@H](c2ccc3c(c2)CCO3)[C@@H](C(=O)O)[C@@H]1CCC1=NC=CC=C2CC21. The van der Waals surface area contributed by atoms with Gasteiger partial charge >= 0.3 is 5.97 Å². The minimum atomic E-state index is -0.784. The zero-order valence-electron chi connectivity index (χ0n) is 26.5. The van der Waals surface area contributed by atoms with E-state index in [0.717, 1.165) is 79.5 Å². The molecule has 4 aliphatic rings. The van der Waals surface area contributed by atoms with E-state index in [4.69, 9.17) is 15.5 Å². The molecule has 3 aliphatic heterocycles. The van der Waals surface area contributed by atoms with Crippen molar-refractivity contribution < 1.29 is 19.4 Å². The molecule has 3 heterocycles. The monoisotopic (exact) mass is 609 g/mol. The standard InChI is InChI=1S/C38H47N3O4/c1-2-3-8-27(11-10-25-6-4-7-26(19-25)22-39)35(42)24-41-23-32(29-12-15-36-30(20-29)16-18-45-36)37(38(43)44)34(41)14-13-33-31-21-28(31)9-5-17-40-33/h4-7,9,12,15,17,19-20,27,31-32,34,37H,2-3,8,10-11,13-14,16,18,21-24,39H2,1H3,(H,43,44)/t27?,31?,32-,34+,37-/m1/s1. The highest BCUT2D eigenvalue weighted by atomic mass is 16.5. The smallest absolute Gasteiger partial charge is 0.308 e. The Hall–Kier alpha value is -3.55. The van der Waals surface area contributed by atoms with Gasteiger partial charge in [-0.25, -0.2) is 0 Å². The molecule has 0 radical (unpaired) electrons. The number of aryl methyl sites for hydroxylation is 1. The van der Waals surface area contributed by atoms with Gasteiger partial charge in [0.25, 0.3) is 0 Å². The van der Waals surface area contributed by atoms with Gasteiger partial charge in [-0.05, 0) is 72.9 Å². The molecule has 2 fully saturated rings. The van der Waals surface area contributed by atoms with Crippen LogP contribution in [0.3, 0.4) is 0 Å². The number of carbonyl (C=O) groups excluding carboxylic acids is 1. The van der Waals surface area contributed by atoms with Gasteiger partial charge in [-0.3, -0.25) is 19.5 Å². The van der Waals surface area contributed by atoms with Crippen LogP contribution in [0.4, 0.5) is 0 Å². The number of allylic oxidation sites excluding steroid dienone is 3. The molecule has 0 bridgehead atoms. The second-order valence-electron chi connectivity index (χ2n) is 13.3. The first-order chi connectivity index (χ1) is 21.9.